The standard InChI is InChI=1S/C12H28N4O3S/c1-15-8-10-16(11-9-15)7-5-13-3-4-14-6-12-19-20(2,17)18/h13-14H,3-12H2,1-2H3. The quantitative estimate of drug-likeness (QED) is 0.371. The number of hydrogen-bond acceptors (Lipinski definition) is 7. The van der Waals surface area contributed by atoms with Crippen molar-refractivity contribution in [3.63, 3.8) is 0 Å². The molecular weight excluding hydrogens is 280 g/mol. The van der Waals surface area contributed by atoms with Crippen molar-refractivity contribution >= 4 is 10.1 Å². The zero-order valence-corrected chi connectivity index (χ0v) is 13.4. The number of likely N-dealkylation sites (N-methyl/N-ethyl adjacent to an activating group) is 1. The molecule has 0 aromatic rings. The van der Waals surface area contributed by atoms with Gasteiger partial charge in [0.15, 0.2) is 0 Å². The maximum atomic E-state index is 10.7. The molecule has 7 nitrogen and oxygen atoms in total. The van der Waals surface area contributed by atoms with Crippen LogP contribution in [0.5, 0.6) is 0 Å². The Hall–Kier alpha value is -0.250. The Morgan fingerprint density at radius 1 is 1.00 bits per heavy atom. The van der Waals surface area contributed by atoms with Gasteiger partial charge in [-0.1, -0.05) is 0 Å². The smallest absolute Gasteiger partial charge is 0.264 e. The van der Waals surface area contributed by atoms with E-state index in [0.717, 1.165) is 58.6 Å². The Bertz CT molecular complexity index is 343. The molecule has 0 atom stereocenters. The van der Waals surface area contributed by atoms with E-state index in [1.807, 2.05) is 0 Å². The highest BCUT2D eigenvalue weighted by Gasteiger charge is 2.12. The highest BCUT2D eigenvalue weighted by Crippen LogP contribution is 1.97. The zero-order valence-electron chi connectivity index (χ0n) is 12.6. The first-order chi connectivity index (χ1) is 9.47. The van der Waals surface area contributed by atoms with Crippen molar-refractivity contribution in [2.24, 2.45) is 0 Å². The summed E-state index contributed by atoms with van der Waals surface area (Å²) in [5.41, 5.74) is 0. The van der Waals surface area contributed by atoms with E-state index < -0.39 is 10.1 Å². The molecule has 0 aromatic carbocycles. The van der Waals surface area contributed by atoms with Crippen molar-refractivity contribution in [2.75, 3.05) is 78.8 Å². The molecule has 1 fully saturated rings. The maximum absolute atomic E-state index is 10.7. The van der Waals surface area contributed by atoms with Crippen LogP contribution in [0.3, 0.4) is 0 Å². The van der Waals surface area contributed by atoms with Gasteiger partial charge in [0.05, 0.1) is 12.9 Å². The molecule has 0 spiro atoms. The Balaban J connectivity index is 1.83. The number of rotatable bonds is 10. The van der Waals surface area contributed by atoms with Gasteiger partial charge >= 0.3 is 0 Å². The normalized spacial score (nSPS) is 18.5. The summed E-state index contributed by atoms with van der Waals surface area (Å²) in [5, 5.41) is 6.50. The van der Waals surface area contributed by atoms with Crippen LogP contribution in [0, 0.1) is 0 Å². The third-order valence-electron chi connectivity index (χ3n) is 3.26. The second kappa shape index (κ2) is 9.64. The Kier molecular flexibility index (Phi) is 8.58. The van der Waals surface area contributed by atoms with E-state index >= 15 is 0 Å². The fraction of sp³-hybridized carbons (Fsp3) is 1.00. The van der Waals surface area contributed by atoms with Crippen LogP contribution in [0.1, 0.15) is 0 Å². The molecule has 0 aliphatic carbocycles. The average molecular weight is 308 g/mol. The SMILES string of the molecule is CN1CCN(CCNCCNCCOS(C)(=O)=O)CC1. The van der Waals surface area contributed by atoms with E-state index in [9.17, 15) is 8.42 Å². The van der Waals surface area contributed by atoms with Crippen LogP contribution in [-0.2, 0) is 14.3 Å². The van der Waals surface area contributed by atoms with Crippen LogP contribution in [0.2, 0.25) is 0 Å². The fourth-order valence-corrected chi connectivity index (χ4v) is 2.39. The monoisotopic (exact) mass is 308 g/mol. The summed E-state index contributed by atoms with van der Waals surface area (Å²) >= 11 is 0. The van der Waals surface area contributed by atoms with Gasteiger partial charge in [0.1, 0.15) is 0 Å². The van der Waals surface area contributed by atoms with Crippen molar-refractivity contribution in [1.29, 1.82) is 0 Å². The molecule has 1 aliphatic heterocycles. The van der Waals surface area contributed by atoms with Crippen LogP contribution in [0.4, 0.5) is 0 Å². The van der Waals surface area contributed by atoms with Crippen molar-refractivity contribution in [2.45, 2.75) is 0 Å². The average Bonchev–Trinajstić information content (AvgIpc) is 2.37. The molecule has 0 bridgehead atoms. The molecule has 1 rings (SSSR count). The number of nitrogens with one attached hydrogen (secondary N) is 2. The Morgan fingerprint density at radius 2 is 1.60 bits per heavy atom. The molecule has 1 aliphatic rings. The highest BCUT2D eigenvalue weighted by atomic mass is 32.2. The molecule has 1 saturated heterocycles. The second-order valence-corrected chi connectivity index (χ2v) is 6.81. The topological polar surface area (TPSA) is 73.9 Å². The van der Waals surface area contributed by atoms with E-state index in [1.165, 1.54) is 0 Å². The summed E-state index contributed by atoms with van der Waals surface area (Å²) in [4.78, 5) is 4.83. The van der Waals surface area contributed by atoms with Gasteiger partial charge in [-0.3, -0.25) is 9.08 Å². The molecule has 0 amide bonds. The summed E-state index contributed by atoms with van der Waals surface area (Å²) in [6.45, 7) is 9.13. The molecule has 0 saturated carbocycles. The molecule has 20 heavy (non-hydrogen) atoms. The summed E-state index contributed by atoms with van der Waals surface area (Å²) < 4.78 is 26.0. The largest absolute Gasteiger partial charge is 0.314 e. The number of hydrogen-bond donors (Lipinski definition) is 2. The molecule has 0 radical (unpaired) electrons. The molecule has 0 aromatic heterocycles. The predicted octanol–water partition coefficient (Wildman–Crippen LogP) is -1.61. The summed E-state index contributed by atoms with van der Waals surface area (Å²) in [7, 11) is -1.14. The minimum absolute atomic E-state index is 0.195. The van der Waals surface area contributed by atoms with Crippen molar-refractivity contribution < 1.29 is 12.6 Å². The summed E-state index contributed by atoms with van der Waals surface area (Å²) in [6, 6.07) is 0. The minimum atomic E-state index is -3.31. The molecule has 8 heteroatoms. The van der Waals surface area contributed by atoms with Crippen LogP contribution in [0.25, 0.3) is 0 Å². The lowest BCUT2D eigenvalue weighted by Gasteiger charge is -2.32. The van der Waals surface area contributed by atoms with Crippen molar-refractivity contribution in [1.82, 2.24) is 20.4 Å². The van der Waals surface area contributed by atoms with E-state index in [-0.39, 0.29) is 6.61 Å². The van der Waals surface area contributed by atoms with Crippen LogP contribution >= 0.6 is 0 Å². The van der Waals surface area contributed by atoms with Gasteiger partial charge in [0.25, 0.3) is 10.1 Å². The van der Waals surface area contributed by atoms with Gasteiger partial charge in [0, 0.05) is 58.9 Å². The van der Waals surface area contributed by atoms with E-state index in [0.29, 0.717) is 6.54 Å². The number of piperazine rings is 1. The summed E-state index contributed by atoms with van der Waals surface area (Å²) in [5.74, 6) is 0. The first-order valence-electron chi connectivity index (χ1n) is 7.14. The molecule has 1 heterocycles. The zero-order chi connectivity index (χ0) is 14.8. The van der Waals surface area contributed by atoms with E-state index in [1.54, 1.807) is 0 Å². The first-order valence-corrected chi connectivity index (χ1v) is 8.96. The lowest BCUT2D eigenvalue weighted by atomic mass is 10.3. The summed E-state index contributed by atoms with van der Waals surface area (Å²) in [6.07, 6.45) is 1.06. The first kappa shape index (κ1) is 17.8. The maximum Gasteiger partial charge on any atom is 0.264 e. The highest BCUT2D eigenvalue weighted by molar-refractivity contribution is 7.85. The second-order valence-electron chi connectivity index (χ2n) is 5.17. The lowest BCUT2D eigenvalue weighted by Crippen LogP contribution is -2.46. The van der Waals surface area contributed by atoms with Gasteiger partial charge in [-0.25, -0.2) is 0 Å². The molecular formula is C12H28N4O3S. The predicted molar refractivity (Wildman–Crippen MR) is 80.5 cm³/mol. The van der Waals surface area contributed by atoms with Gasteiger partial charge in [0.2, 0.25) is 0 Å². The number of nitrogens with zero attached hydrogens (tertiary/aromatic N) is 2. The molecule has 120 valence electrons. The fourth-order valence-electron chi connectivity index (χ4n) is 2.00. The van der Waals surface area contributed by atoms with Crippen LogP contribution in [-0.4, -0.2) is 97.0 Å². The van der Waals surface area contributed by atoms with Crippen molar-refractivity contribution in [3.8, 4) is 0 Å². The van der Waals surface area contributed by atoms with E-state index in [4.69, 9.17) is 0 Å². The van der Waals surface area contributed by atoms with Crippen molar-refractivity contribution in [3.05, 3.63) is 0 Å². The Labute approximate surface area is 122 Å². The lowest BCUT2D eigenvalue weighted by molar-refractivity contribution is 0.155. The van der Waals surface area contributed by atoms with Gasteiger partial charge in [-0.05, 0) is 7.05 Å². The molecule has 2 N–H and O–H groups in total. The van der Waals surface area contributed by atoms with Gasteiger partial charge in [-0.2, -0.15) is 8.42 Å². The van der Waals surface area contributed by atoms with Gasteiger partial charge in [-0.15, -0.1) is 0 Å². The molecule has 0 unspecified atom stereocenters. The third kappa shape index (κ3) is 9.62. The van der Waals surface area contributed by atoms with Crippen LogP contribution in [0.15, 0.2) is 0 Å². The minimum Gasteiger partial charge on any atom is -0.314 e. The third-order valence-corrected chi connectivity index (χ3v) is 3.85. The Morgan fingerprint density at radius 3 is 2.20 bits per heavy atom. The van der Waals surface area contributed by atoms with Crippen LogP contribution < -0.4 is 10.6 Å². The van der Waals surface area contributed by atoms with Gasteiger partial charge < -0.3 is 15.5 Å². The van der Waals surface area contributed by atoms with E-state index in [2.05, 4.69) is 31.7 Å².